The molecule has 1 aliphatic heterocycles. The summed E-state index contributed by atoms with van der Waals surface area (Å²) in [6, 6.07) is 5.13. The summed E-state index contributed by atoms with van der Waals surface area (Å²) in [5, 5.41) is 9.47. The number of fused-ring (bicyclic) bond motifs is 1. The maximum absolute atomic E-state index is 12.3. The van der Waals surface area contributed by atoms with Crippen molar-refractivity contribution in [3.8, 4) is 0 Å². The van der Waals surface area contributed by atoms with Gasteiger partial charge in [0.1, 0.15) is 5.60 Å². The second-order valence-electron chi connectivity index (χ2n) is 6.09. The highest BCUT2D eigenvalue weighted by Crippen LogP contribution is 2.33. The molecule has 0 saturated carbocycles. The number of benzene rings is 1. The van der Waals surface area contributed by atoms with E-state index >= 15 is 0 Å². The predicted molar refractivity (Wildman–Crippen MR) is 80.8 cm³/mol. The summed E-state index contributed by atoms with van der Waals surface area (Å²) in [7, 11) is 0. The molecule has 0 fully saturated rings. The summed E-state index contributed by atoms with van der Waals surface area (Å²) >= 11 is 1.74. The Morgan fingerprint density at radius 3 is 2.43 bits per heavy atom. The molecule has 1 unspecified atom stereocenters. The first kappa shape index (κ1) is 15.9. The zero-order valence-corrected chi connectivity index (χ0v) is 13.1. The summed E-state index contributed by atoms with van der Waals surface area (Å²) in [6.45, 7) is 5.02. The Labute approximate surface area is 127 Å². The van der Waals surface area contributed by atoms with Gasteiger partial charge in [-0.2, -0.15) is 11.8 Å². The molecule has 1 atom stereocenters. The lowest BCUT2D eigenvalue weighted by Crippen LogP contribution is -2.54. The summed E-state index contributed by atoms with van der Waals surface area (Å²) in [4.78, 5) is 23.9. The molecule has 1 aromatic carbocycles. The molecule has 6 heteroatoms. The largest absolute Gasteiger partial charge is 0.479 e. The minimum Gasteiger partial charge on any atom is -0.479 e. The van der Waals surface area contributed by atoms with Gasteiger partial charge in [-0.1, -0.05) is 18.2 Å². The minimum absolute atomic E-state index is 0.255. The third kappa shape index (κ3) is 3.06. The van der Waals surface area contributed by atoms with Crippen LogP contribution in [0.5, 0.6) is 0 Å². The van der Waals surface area contributed by atoms with E-state index in [4.69, 9.17) is 10.5 Å². The molecule has 1 heterocycles. The molecule has 0 bridgehead atoms. The summed E-state index contributed by atoms with van der Waals surface area (Å²) < 4.78 is 5.19. The summed E-state index contributed by atoms with van der Waals surface area (Å²) in [5.41, 5.74) is 5.37. The standard InChI is InChI=1S/C15H19NO4S/c1-14(2,3)20-13(19)15(16,12(17)18)11-5-4-9-7-21-8-10(9)6-11/h4-6H,7-8,16H2,1-3H3,(H,17,18). The van der Waals surface area contributed by atoms with Gasteiger partial charge in [0.2, 0.25) is 5.54 Å². The fourth-order valence-electron chi connectivity index (χ4n) is 2.10. The van der Waals surface area contributed by atoms with E-state index in [1.165, 1.54) is 0 Å². The Balaban J connectivity index is 2.43. The van der Waals surface area contributed by atoms with Crippen molar-refractivity contribution in [1.29, 1.82) is 0 Å². The van der Waals surface area contributed by atoms with Crippen LogP contribution in [0.25, 0.3) is 0 Å². The van der Waals surface area contributed by atoms with E-state index in [0.29, 0.717) is 0 Å². The molecular formula is C15H19NO4S. The van der Waals surface area contributed by atoms with Crippen molar-refractivity contribution in [3.05, 3.63) is 34.9 Å². The van der Waals surface area contributed by atoms with Crippen LogP contribution in [0.2, 0.25) is 0 Å². The molecule has 2 rings (SSSR count). The third-order valence-corrected chi connectivity index (χ3v) is 4.27. The van der Waals surface area contributed by atoms with Crippen molar-refractivity contribution in [2.24, 2.45) is 5.73 Å². The zero-order valence-electron chi connectivity index (χ0n) is 12.3. The number of ether oxygens (including phenoxy) is 1. The predicted octanol–water partition coefficient (Wildman–Crippen LogP) is 2.01. The fraction of sp³-hybridized carbons (Fsp3) is 0.467. The van der Waals surface area contributed by atoms with E-state index < -0.39 is 23.1 Å². The average Bonchev–Trinajstić information content (AvgIpc) is 2.82. The van der Waals surface area contributed by atoms with Crippen LogP contribution in [0.15, 0.2) is 18.2 Å². The van der Waals surface area contributed by atoms with E-state index in [9.17, 15) is 14.7 Å². The van der Waals surface area contributed by atoms with Crippen LogP contribution in [-0.2, 0) is 31.4 Å². The quantitative estimate of drug-likeness (QED) is 0.656. The van der Waals surface area contributed by atoms with E-state index in [1.807, 2.05) is 6.07 Å². The lowest BCUT2D eigenvalue weighted by atomic mass is 9.88. The minimum atomic E-state index is -2.18. The van der Waals surface area contributed by atoms with Gasteiger partial charge in [0.15, 0.2) is 0 Å². The number of aliphatic carboxylic acids is 1. The van der Waals surface area contributed by atoms with Crippen molar-refractivity contribution in [2.45, 2.75) is 43.4 Å². The molecule has 0 amide bonds. The highest BCUT2D eigenvalue weighted by molar-refractivity contribution is 7.98. The second kappa shape index (κ2) is 5.35. The Morgan fingerprint density at radius 2 is 1.86 bits per heavy atom. The van der Waals surface area contributed by atoms with Gasteiger partial charge in [-0.25, -0.2) is 9.59 Å². The Bertz CT molecular complexity index is 594. The molecule has 1 aromatic rings. The van der Waals surface area contributed by atoms with E-state index in [-0.39, 0.29) is 5.56 Å². The smallest absolute Gasteiger partial charge is 0.343 e. The van der Waals surface area contributed by atoms with E-state index in [0.717, 1.165) is 22.6 Å². The normalized spacial score (nSPS) is 17.0. The van der Waals surface area contributed by atoms with Crippen LogP contribution in [0.3, 0.4) is 0 Å². The number of nitrogens with two attached hydrogens (primary N) is 1. The lowest BCUT2D eigenvalue weighted by molar-refractivity contribution is -0.169. The maximum Gasteiger partial charge on any atom is 0.343 e. The van der Waals surface area contributed by atoms with Gasteiger partial charge in [-0.05, 0) is 37.5 Å². The van der Waals surface area contributed by atoms with Crippen LogP contribution >= 0.6 is 11.8 Å². The van der Waals surface area contributed by atoms with E-state index in [2.05, 4.69) is 0 Å². The molecule has 3 N–H and O–H groups in total. The van der Waals surface area contributed by atoms with Gasteiger partial charge >= 0.3 is 11.9 Å². The van der Waals surface area contributed by atoms with E-state index in [1.54, 1.807) is 44.7 Å². The molecule has 0 saturated heterocycles. The monoisotopic (exact) mass is 309 g/mol. The van der Waals surface area contributed by atoms with Gasteiger partial charge in [0, 0.05) is 11.5 Å². The Hall–Kier alpha value is -1.53. The number of thioether (sulfide) groups is 1. The highest BCUT2D eigenvalue weighted by Gasteiger charge is 2.47. The highest BCUT2D eigenvalue weighted by atomic mass is 32.2. The summed E-state index contributed by atoms with van der Waals surface area (Å²) in [6.07, 6.45) is 0. The number of esters is 1. The SMILES string of the molecule is CC(C)(C)OC(=O)C(N)(C(=O)O)c1ccc2c(c1)CSC2. The number of carbonyl (C=O) groups excluding carboxylic acids is 1. The molecule has 1 aliphatic rings. The summed E-state index contributed by atoms with van der Waals surface area (Å²) in [5.74, 6) is -0.671. The zero-order chi connectivity index (χ0) is 15.8. The first-order valence-electron chi connectivity index (χ1n) is 6.60. The average molecular weight is 309 g/mol. The lowest BCUT2D eigenvalue weighted by Gasteiger charge is -2.28. The number of carboxylic acids is 1. The number of carboxylic acid groups (broad SMARTS) is 1. The van der Waals surface area contributed by atoms with Crippen molar-refractivity contribution < 1.29 is 19.4 Å². The molecule has 21 heavy (non-hydrogen) atoms. The van der Waals surface area contributed by atoms with Crippen LogP contribution in [0.1, 0.15) is 37.5 Å². The van der Waals surface area contributed by atoms with Crippen LogP contribution in [0, 0.1) is 0 Å². The number of hydrogen-bond acceptors (Lipinski definition) is 5. The molecule has 0 aliphatic carbocycles. The first-order valence-corrected chi connectivity index (χ1v) is 7.76. The van der Waals surface area contributed by atoms with Crippen molar-refractivity contribution in [3.63, 3.8) is 0 Å². The van der Waals surface area contributed by atoms with Crippen LogP contribution in [-0.4, -0.2) is 22.6 Å². The van der Waals surface area contributed by atoms with Crippen molar-refractivity contribution in [1.82, 2.24) is 0 Å². The number of hydrogen-bond donors (Lipinski definition) is 2. The molecule has 0 aromatic heterocycles. The molecule has 114 valence electrons. The molecule has 0 radical (unpaired) electrons. The van der Waals surface area contributed by atoms with Crippen molar-refractivity contribution in [2.75, 3.05) is 0 Å². The molecular weight excluding hydrogens is 290 g/mol. The van der Waals surface area contributed by atoms with Gasteiger partial charge in [-0.15, -0.1) is 0 Å². The van der Waals surface area contributed by atoms with Crippen LogP contribution in [0.4, 0.5) is 0 Å². The Kier molecular flexibility index (Phi) is 4.04. The van der Waals surface area contributed by atoms with Crippen LogP contribution < -0.4 is 5.73 Å². The molecule has 5 nitrogen and oxygen atoms in total. The Morgan fingerprint density at radius 1 is 1.24 bits per heavy atom. The van der Waals surface area contributed by atoms with Gasteiger partial charge in [-0.3, -0.25) is 0 Å². The first-order chi connectivity index (χ1) is 9.64. The molecule has 0 spiro atoms. The number of carbonyl (C=O) groups is 2. The number of rotatable bonds is 3. The fourth-order valence-corrected chi connectivity index (χ4v) is 3.20. The third-order valence-electron chi connectivity index (χ3n) is 3.23. The van der Waals surface area contributed by atoms with Gasteiger partial charge in [0.25, 0.3) is 0 Å². The topological polar surface area (TPSA) is 89.6 Å². The van der Waals surface area contributed by atoms with Gasteiger partial charge in [0.05, 0.1) is 0 Å². The van der Waals surface area contributed by atoms with Gasteiger partial charge < -0.3 is 15.6 Å². The van der Waals surface area contributed by atoms with Crippen molar-refractivity contribution >= 4 is 23.7 Å². The maximum atomic E-state index is 12.3. The second-order valence-corrected chi connectivity index (χ2v) is 7.08.